The third-order valence-corrected chi connectivity index (χ3v) is 6.57. The lowest BCUT2D eigenvalue weighted by molar-refractivity contribution is -0.137. The summed E-state index contributed by atoms with van der Waals surface area (Å²) in [6, 6.07) is 22.6. The first-order chi connectivity index (χ1) is 18.1. The van der Waals surface area contributed by atoms with Gasteiger partial charge in [-0.3, -0.25) is 9.59 Å². The molecule has 0 saturated carbocycles. The highest BCUT2D eigenvalue weighted by Gasteiger charge is 2.31. The maximum Gasteiger partial charge on any atom is 0.312 e. The van der Waals surface area contributed by atoms with E-state index < -0.39 is 17.6 Å². The number of nitrogens with two attached hydrogens (primary N) is 2. The average Bonchev–Trinajstić information content (AvgIpc) is 2.98. The Kier molecular flexibility index (Phi) is 8.12. The Labute approximate surface area is 223 Å². The van der Waals surface area contributed by atoms with E-state index in [-0.39, 0.29) is 18.2 Å². The summed E-state index contributed by atoms with van der Waals surface area (Å²) in [5.74, 6) is -0.347. The largest absolute Gasteiger partial charge is 0.352 e. The van der Waals surface area contributed by atoms with Crippen molar-refractivity contribution in [1.29, 1.82) is 0 Å². The average molecular weight is 514 g/mol. The fourth-order valence-corrected chi connectivity index (χ4v) is 4.78. The molecule has 0 bridgehead atoms. The summed E-state index contributed by atoms with van der Waals surface area (Å²) in [7, 11) is 0. The molecular weight excluding hydrogens is 478 g/mol. The number of carbonyl (C=O) groups is 3. The fourth-order valence-electron chi connectivity index (χ4n) is 4.78. The maximum absolute atomic E-state index is 13.6. The number of rotatable bonds is 8. The summed E-state index contributed by atoms with van der Waals surface area (Å²) in [5, 5.41) is 5.57. The van der Waals surface area contributed by atoms with Gasteiger partial charge in [-0.15, -0.1) is 0 Å². The van der Waals surface area contributed by atoms with Crippen LogP contribution in [0.25, 0.3) is 11.1 Å². The summed E-state index contributed by atoms with van der Waals surface area (Å²) in [6.45, 7) is 4.79. The third-order valence-electron chi connectivity index (χ3n) is 6.57. The number of hydrogen-bond donors (Lipinski definition) is 4. The first-order valence-corrected chi connectivity index (χ1v) is 12.7. The van der Waals surface area contributed by atoms with Gasteiger partial charge in [-0.25, -0.2) is 4.79 Å². The lowest BCUT2D eigenvalue weighted by Gasteiger charge is -2.26. The van der Waals surface area contributed by atoms with Gasteiger partial charge in [0, 0.05) is 38.0 Å². The van der Waals surface area contributed by atoms with E-state index in [4.69, 9.17) is 11.5 Å². The zero-order valence-corrected chi connectivity index (χ0v) is 21.9. The Morgan fingerprint density at radius 1 is 0.974 bits per heavy atom. The van der Waals surface area contributed by atoms with E-state index in [1.807, 2.05) is 72.8 Å². The van der Waals surface area contributed by atoms with Crippen LogP contribution >= 0.6 is 0 Å². The number of fused-ring (bicyclic) bond motifs is 1. The number of primary amides is 1. The van der Waals surface area contributed by atoms with Crippen molar-refractivity contribution in [3.8, 4) is 11.1 Å². The zero-order chi connectivity index (χ0) is 27.3. The molecule has 3 aromatic carbocycles. The SMILES string of the molecule is CC(C)(N)CC(=O)N[C@@H]1Cc2ccccc2CN(Cc2ccc(-c3ccccc3CNC(N)=O)cc2)C1=O. The smallest absolute Gasteiger partial charge is 0.312 e. The van der Waals surface area contributed by atoms with Crippen LogP contribution in [0.3, 0.4) is 0 Å². The van der Waals surface area contributed by atoms with Gasteiger partial charge in [0.15, 0.2) is 0 Å². The molecule has 4 amide bonds. The van der Waals surface area contributed by atoms with Crippen molar-refractivity contribution in [3.05, 3.63) is 95.1 Å². The Morgan fingerprint density at radius 3 is 2.32 bits per heavy atom. The molecule has 6 N–H and O–H groups in total. The molecule has 1 aliphatic rings. The quantitative estimate of drug-likeness (QED) is 0.368. The normalized spacial score (nSPS) is 15.4. The van der Waals surface area contributed by atoms with E-state index in [1.165, 1.54) is 0 Å². The topological polar surface area (TPSA) is 131 Å². The molecule has 8 heteroatoms. The molecule has 198 valence electrons. The van der Waals surface area contributed by atoms with E-state index in [1.54, 1.807) is 18.7 Å². The molecule has 1 heterocycles. The van der Waals surface area contributed by atoms with Crippen LogP contribution in [0.15, 0.2) is 72.8 Å². The molecule has 8 nitrogen and oxygen atoms in total. The number of amides is 4. The van der Waals surface area contributed by atoms with Crippen LogP contribution in [0.1, 0.15) is 42.5 Å². The highest BCUT2D eigenvalue weighted by Crippen LogP contribution is 2.26. The molecule has 1 aliphatic heterocycles. The van der Waals surface area contributed by atoms with Crippen molar-refractivity contribution in [2.24, 2.45) is 11.5 Å². The Morgan fingerprint density at radius 2 is 1.63 bits per heavy atom. The molecule has 3 aromatic rings. The second-order valence-corrected chi connectivity index (χ2v) is 10.5. The Balaban J connectivity index is 1.54. The summed E-state index contributed by atoms with van der Waals surface area (Å²) in [4.78, 5) is 39.2. The van der Waals surface area contributed by atoms with E-state index >= 15 is 0 Å². The van der Waals surface area contributed by atoms with Gasteiger partial charge in [0.1, 0.15) is 6.04 Å². The van der Waals surface area contributed by atoms with Crippen LogP contribution in [0, 0.1) is 0 Å². The second kappa shape index (κ2) is 11.5. The fraction of sp³-hybridized carbons (Fsp3) is 0.300. The molecule has 38 heavy (non-hydrogen) atoms. The summed E-state index contributed by atoms with van der Waals surface area (Å²) >= 11 is 0. The number of hydrogen-bond acceptors (Lipinski definition) is 4. The molecule has 0 spiro atoms. The Hall–Kier alpha value is -4.17. The van der Waals surface area contributed by atoms with Crippen LogP contribution < -0.4 is 22.1 Å². The predicted molar refractivity (Wildman–Crippen MR) is 148 cm³/mol. The number of nitrogens with one attached hydrogen (secondary N) is 2. The van der Waals surface area contributed by atoms with Crippen molar-refractivity contribution in [2.75, 3.05) is 0 Å². The van der Waals surface area contributed by atoms with Crippen LogP contribution in [-0.4, -0.2) is 34.3 Å². The van der Waals surface area contributed by atoms with E-state index in [9.17, 15) is 14.4 Å². The van der Waals surface area contributed by atoms with Crippen molar-refractivity contribution >= 4 is 17.8 Å². The van der Waals surface area contributed by atoms with Crippen molar-refractivity contribution < 1.29 is 14.4 Å². The molecule has 0 aliphatic carbocycles. The minimum absolute atomic E-state index is 0.115. The number of nitrogens with zero attached hydrogens (tertiary/aromatic N) is 1. The lowest BCUT2D eigenvalue weighted by atomic mass is 9.98. The molecule has 0 unspecified atom stereocenters. The first kappa shape index (κ1) is 26.9. The van der Waals surface area contributed by atoms with Gasteiger partial charge in [0.05, 0.1) is 0 Å². The zero-order valence-electron chi connectivity index (χ0n) is 21.9. The van der Waals surface area contributed by atoms with E-state index in [0.717, 1.165) is 33.4 Å². The maximum atomic E-state index is 13.6. The molecule has 4 rings (SSSR count). The van der Waals surface area contributed by atoms with E-state index in [2.05, 4.69) is 10.6 Å². The highest BCUT2D eigenvalue weighted by molar-refractivity contribution is 5.88. The van der Waals surface area contributed by atoms with Crippen LogP contribution in [0.4, 0.5) is 4.79 Å². The lowest BCUT2D eigenvalue weighted by Crippen LogP contribution is -2.50. The van der Waals surface area contributed by atoms with Gasteiger partial charge in [-0.1, -0.05) is 72.8 Å². The third kappa shape index (κ3) is 6.98. The minimum atomic E-state index is -0.661. The molecule has 0 radical (unpaired) electrons. The second-order valence-electron chi connectivity index (χ2n) is 10.5. The van der Waals surface area contributed by atoms with Gasteiger partial charge in [0.2, 0.25) is 11.8 Å². The number of urea groups is 1. The van der Waals surface area contributed by atoms with Crippen LogP contribution in [-0.2, 0) is 35.6 Å². The number of benzene rings is 3. The van der Waals surface area contributed by atoms with Gasteiger partial charge in [0.25, 0.3) is 0 Å². The van der Waals surface area contributed by atoms with Crippen LogP contribution in [0.2, 0.25) is 0 Å². The molecule has 0 saturated heterocycles. The van der Waals surface area contributed by atoms with Gasteiger partial charge < -0.3 is 27.0 Å². The van der Waals surface area contributed by atoms with Gasteiger partial charge in [-0.2, -0.15) is 0 Å². The number of carbonyl (C=O) groups excluding carboxylic acids is 3. The van der Waals surface area contributed by atoms with Crippen LogP contribution in [0.5, 0.6) is 0 Å². The highest BCUT2D eigenvalue weighted by atomic mass is 16.2. The summed E-state index contributed by atoms with van der Waals surface area (Å²) < 4.78 is 0. The minimum Gasteiger partial charge on any atom is -0.352 e. The summed E-state index contributed by atoms with van der Waals surface area (Å²) in [6.07, 6.45) is 0.577. The molecule has 1 atom stereocenters. The van der Waals surface area contributed by atoms with Gasteiger partial charge >= 0.3 is 6.03 Å². The molecule has 0 aromatic heterocycles. The van der Waals surface area contributed by atoms with Gasteiger partial charge in [-0.05, 0) is 47.2 Å². The monoisotopic (exact) mass is 513 g/mol. The Bertz CT molecular complexity index is 1310. The van der Waals surface area contributed by atoms with Crippen molar-refractivity contribution in [1.82, 2.24) is 15.5 Å². The summed E-state index contributed by atoms with van der Waals surface area (Å²) in [5.41, 5.74) is 16.7. The standard InChI is InChI=1S/C30H35N5O3/c1-30(2,32)16-27(36)34-26-15-22-7-3-4-9-24(22)19-35(28(26)37)18-20-11-13-21(14-12-20)25-10-6-5-8-23(25)17-33-29(31)38/h3-14,26H,15-19,32H2,1-2H3,(H,34,36)(H3,31,33,38)/t26-/m1/s1. The van der Waals surface area contributed by atoms with Crippen molar-refractivity contribution in [3.63, 3.8) is 0 Å². The van der Waals surface area contributed by atoms with Crippen molar-refractivity contribution in [2.45, 2.75) is 57.9 Å². The van der Waals surface area contributed by atoms with E-state index in [0.29, 0.717) is 26.1 Å². The molecule has 0 fully saturated rings. The predicted octanol–water partition coefficient (Wildman–Crippen LogP) is 3.22. The molecular formula is C30H35N5O3. The first-order valence-electron chi connectivity index (χ1n) is 12.7.